The minimum absolute atomic E-state index is 0.168. The highest BCUT2D eigenvalue weighted by Crippen LogP contribution is 2.54. The molecular formula is C83H54N6O3. The molecule has 13 aromatic carbocycles. The molecule has 1 aliphatic heterocycles. The first-order chi connectivity index (χ1) is 45.4. The number of fused-ring (bicyclic) bond motifs is 4. The summed E-state index contributed by atoms with van der Waals surface area (Å²) in [7, 11) is 0. The number of ketones is 2. The van der Waals surface area contributed by atoms with Crippen molar-refractivity contribution in [3.8, 4) is 79.0 Å². The first-order valence-electron chi connectivity index (χ1n) is 30.6. The molecule has 9 heteroatoms. The first kappa shape index (κ1) is 54.8. The fourth-order valence-electron chi connectivity index (χ4n) is 12.5. The molecular weight excluding hydrogens is 1130 g/mol. The lowest BCUT2D eigenvalue weighted by Gasteiger charge is -2.34. The van der Waals surface area contributed by atoms with Crippen LogP contribution in [0.3, 0.4) is 0 Å². The third kappa shape index (κ3) is 10.2. The lowest BCUT2D eigenvalue weighted by atomic mass is 9.81. The van der Waals surface area contributed by atoms with E-state index in [1.165, 1.54) is 0 Å². The molecule has 1 aliphatic carbocycles. The molecule has 434 valence electrons. The highest BCUT2D eigenvalue weighted by atomic mass is 16.5. The van der Waals surface area contributed by atoms with Gasteiger partial charge in [-0.05, 0) is 167 Å². The minimum Gasteiger partial charge on any atom is -0.452 e. The normalized spacial score (nSPS) is 12.0. The van der Waals surface area contributed by atoms with Crippen LogP contribution in [0.2, 0.25) is 0 Å². The number of anilines is 9. The number of hydrogen-bond acceptors (Lipinski definition) is 9. The van der Waals surface area contributed by atoms with E-state index in [0.29, 0.717) is 39.7 Å². The first-order valence-corrected chi connectivity index (χ1v) is 30.6. The zero-order valence-electron chi connectivity index (χ0n) is 49.6. The van der Waals surface area contributed by atoms with E-state index >= 15 is 0 Å². The van der Waals surface area contributed by atoms with Crippen molar-refractivity contribution in [1.29, 1.82) is 0 Å². The summed E-state index contributed by atoms with van der Waals surface area (Å²) < 4.78 is 6.94. The monoisotopic (exact) mass is 1180 g/mol. The molecule has 92 heavy (non-hydrogen) atoms. The molecule has 0 saturated carbocycles. The summed E-state index contributed by atoms with van der Waals surface area (Å²) in [4.78, 5) is 50.4. The Morgan fingerprint density at radius 1 is 0.261 bits per heavy atom. The number of para-hydroxylation sites is 6. The van der Waals surface area contributed by atoms with Gasteiger partial charge in [0.05, 0.1) is 11.4 Å². The van der Waals surface area contributed by atoms with Gasteiger partial charge in [0.25, 0.3) is 0 Å². The molecule has 0 fully saturated rings. The number of carbonyl (C=O) groups is 2. The second kappa shape index (κ2) is 23.5. The van der Waals surface area contributed by atoms with E-state index in [2.05, 4.69) is 172 Å². The maximum absolute atomic E-state index is 14.4. The van der Waals surface area contributed by atoms with Gasteiger partial charge in [0, 0.05) is 84.3 Å². The molecule has 14 aromatic rings. The van der Waals surface area contributed by atoms with Crippen molar-refractivity contribution in [3.05, 3.63) is 350 Å². The number of nitrogens with zero attached hydrogens (tertiary/aromatic N) is 6. The van der Waals surface area contributed by atoms with Crippen LogP contribution in [0.25, 0.3) is 67.5 Å². The van der Waals surface area contributed by atoms with Crippen LogP contribution in [0, 0.1) is 0 Å². The van der Waals surface area contributed by atoms with Gasteiger partial charge in [-0.25, -0.2) is 15.0 Å². The van der Waals surface area contributed by atoms with Gasteiger partial charge >= 0.3 is 0 Å². The summed E-state index contributed by atoms with van der Waals surface area (Å²) in [5.41, 5.74) is 18.5. The third-order valence-electron chi connectivity index (χ3n) is 17.0. The SMILES string of the molecule is O=C1c2ccc(-c3ccc(N(c4ccccc4)c4cccc(-c5cccc6c5Oc5ccccc5N6c5ccc(-c6nc(-c7ccccc7)nc(-c7ccccc7)n6)cc5)c4)cc3)cc2C(=O)c2ccc(-c3ccc(N(c4ccccc4)c4ccccc4)cc3)cc21. The van der Waals surface area contributed by atoms with Gasteiger partial charge in [0.1, 0.15) is 0 Å². The van der Waals surface area contributed by atoms with Crippen molar-refractivity contribution in [2.45, 2.75) is 0 Å². The van der Waals surface area contributed by atoms with Gasteiger partial charge in [-0.3, -0.25) is 9.59 Å². The van der Waals surface area contributed by atoms with Crippen LogP contribution >= 0.6 is 0 Å². The number of rotatable bonds is 13. The topological polar surface area (TPSA) is 91.8 Å². The van der Waals surface area contributed by atoms with Crippen LogP contribution in [0.4, 0.5) is 51.2 Å². The molecule has 0 atom stereocenters. The van der Waals surface area contributed by atoms with Gasteiger partial charge in [0.15, 0.2) is 40.5 Å². The van der Waals surface area contributed by atoms with Crippen molar-refractivity contribution in [1.82, 2.24) is 15.0 Å². The van der Waals surface area contributed by atoms with Crippen molar-refractivity contribution in [2.24, 2.45) is 0 Å². The van der Waals surface area contributed by atoms with Crippen LogP contribution in [0.1, 0.15) is 31.8 Å². The highest BCUT2D eigenvalue weighted by molar-refractivity contribution is 6.29. The van der Waals surface area contributed by atoms with E-state index in [9.17, 15) is 9.59 Å². The molecule has 9 nitrogen and oxygen atoms in total. The van der Waals surface area contributed by atoms with Gasteiger partial charge < -0.3 is 19.4 Å². The molecule has 0 saturated heterocycles. The Labute approximate surface area is 532 Å². The smallest absolute Gasteiger partial charge is 0.194 e. The molecule has 0 radical (unpaired) electrons. The molecule has 2 aliphatic rings. The van der Waals surface area contributed by atoms with Crippen LogP contribution in [0.5, 0.6) is 11.5 Å². The van der Waals surface area contributed by atoms with Crippen molar-refractivity contribution >= 4 is 62.8 Å². The molecule has 0 unspecified atom stereocenters. The summed E-state index contributed by atoms with van der Waals surface area (Å²) in [6.07, 6.45) is 0. The molecule has 0 bridgehead atoms. The average Bonchev–Trinajstić information content (AvgIpc) is 0.776. The molecule has 2 heterocycles. The maximum Gasteiger partial charge on any atom is 0.194 e. The fraction of sp³-hybridized carbons (Fsp3) is 0. The van der Waals surface area contributed by atoms with Gasteiger partial charge in [-0.2, -0.15) is 0 Å². The number of carbonyl (C=O) groups excluding carboxylic acids is 2. The molecule has 1 aromatic heterocycles. The standard InChI is InChI=1S/C83H54N6O3/c90-78-72-51-43-61(54-74(72)79(91)71-50-42-60(53-73(71)78)55-36-44-66(45-37-55)87(63-25-10-3-11-26-63)64-27-12-4-13-28-64)56-38-46-67(47-39-56)88(65-29-14-5-15-30-65)69-31-18-24-62(52-69)70-32-19-34-76-80(70)92-77-35-17-16-33-75(77)89(76)68-48-40-59(41-49-68)83-85-81(57-20-6-1-7-21-57)84-82(86-83)58-22-8-2-9-23-58/h1-54H. The maximum atomic E-state index is 14.4. The van der Waals surface area contributed by atoms with Gasteiger partial charge in [-0.15, -0.1) is 0 Å². The summed E-state index contributed by atoms with van der Waals surface area (Å²) >= 11 is 0. The van der Waals surface area contributed by atoms with Crippen molar-refractivity contribution in [2.75, 3.05) is 14.7 Å². The van der Waals surface area contributed by atoms with Gasteiger partial charge in [-0.1, -0.05) is 188 Å². The Morgan fingerprint density at radius 2 is 0.630 bits per heavy atom. The fourth-order valence-corrected chi connectivity index (χ4v) is 12.5. The Balaban J connectivity index is 0.678. The molecule has 0 amide bonds. The zero-order valence-corrected chi connectivity index (χ0v) is 49.6. The Kier molecular flexibility index (Phi) is 14.0. The number of hydrogen-bond donors (Lipinski definition) is 0. The van der Waals surface area contributed by atoms with E-state index in [1.807, 2.05) is 158 Å². The minimum atomic E-state index is -0.171. The number of benzene rings is 13. The average molecular weight is 1180 g/mol. The second-order valence-corrected chi connectivity index (χ2v) is 22.6. The van der Waals surface area contributed by atoms with E-state index in [0.717, 1.165) is 113 Å². The van der Waals surface area contributed by atoms with Crippen molar-refractivity contribution < 1.29 is 14.3 Å². The number of ether oxygens (including phenoxy) is 1. The zero-order chi connectivity index (χ0) is 61.5. The quantitative estimate of drug-likeness (QED) is 0.112. The predicted molar refractivity (Wildman–Crippen MR) is 370 cm³/mol. The van der Waals surface area contributed by atoms with Crippen LogP contribution in [-0.2, 0) is 0 Å². The molecule has 16 rings (SSSR count). The van der Waals surface area contributed by atoms with Crippen LogP contribution in [-0.4, -0.2) is 26.5 Å². The predicted octanol–water partition coefficient (Wildman–Crippen LogP) is 21.2. The van der Waals surface area contributed by atoms with E-state index < -0.39 is 0 Å². The summed E-state index contributed by atoms with van der Waals surface area (Å²) in [5, 5.41) is 0. The second-order valence-electron chi connectivity index (χ2n) is 22.6. The Bertz CT molecular complexity index is 4990. The van der Waals surface area contributed by atoms with Gasteiger partial charge in [0.2, 0.25) is 0 Å². The van der Waals surface area contributed by atoms with E-state index in [-0.39, 0.29) is 11.6 Å². The van der Waals surface area contributed by atoms with Crippen LogP contribution in [0.15, 0.2) is 328 Å². The Hall–Kier alpha value is -12.6. The molecule has 0 N–H and O–H groups in total. The third-order valence-corrected chi connectivity index (χ3v) is 17.0. The van der Waals surface area contributed by atoms with Crippen molar-refractivity contribution in [3.63, 3.8) is 0 Å². The largest absolute Gasteiger partial charge is 0.452 e. The highest BCUT2D eigenvalue weighted by Gasteiger charge is 2.32. The molecule has 0 spiro atoms. The lowest BCUT2D eigenvalue weighted by molar-refractivity contribution is 0.0979. The van der Waals surface area contributed by atoms with E-state index in [1.54, 1.807) is 12.1 Å². The van der Waals surface area contributed by atoms with Crippen LogP contribution < -0.4 is 19.4 Å². The summed E-state index contributed by atoms with van der Waals surface area (Å²) in [6, 6.07) is 110. The Morgan fingerprint density at radius 3 is 1.13 bits per heavy atom. The number of aromatic nitrogens is 3. The van der Waals surface area contributed by atoms with E-state index in [4.69, 9.17) is 19.7 Å². The summed E-state index contributed by atoms with van der Waals surface area (Å²) in [5.74, 6) is 2.92. The summed E-state index contributed by atoms with van der Waals surface area (Å²) in [6.45, 7) is 0. The lowest BCUT2D eigenvalue weighted by Crippen LogP contribution is -2.21.